The van der Waals surface area contributed by atoms with E-state index in [4.69, 9.17) is 11.6 Å². The van der Waals surface area contributed by atoms with Crippen molar-refractivity contribution in [2.24, 2.45) is 0 Å². The van der Waals surface area contributed by atoms with E-state index in [0.717, 1.165) is 6.07 Å². The van der Waals surface area contributed by atoms with Crippen molar-refractivity contribution in [1.82, 2.24) is 5.32 Å². The molecule has 15 heavy (non-hydrogen) atoms. The van der Waals surface area contributed by atoms with Crippen LogP contribution in [0.4, 0.5) is 13.2 Å². The van der Waals surface area contributed by atoms with E-state index in [1.54, 1.807) is 0 Å². The van der Waals surface area contributed by atoms with E-state index in [2.05, 4.69) is 5.32 Å². The number of rotatable bonds is 1. The monoisotopic (exact) mass is 235 g/mol. The molecule has 5 heteroatoms. The lowest BCUT2D eigenvalue weighted by molar-refractivity contribution is -0.138. The number of benzene rings is 1. The van der Waals surface area contributed by atoms with Gasteiger partial charge in [-0.1, -0.05) is 17.7 Å². The maximum absolute atomic E-state index is 12.7. The minimum absolute atomic E-state index is 0.115. The van der Waals surface area contributed by atoms with E-state index >= 15 is 0 Å². The lowest BCUT2D eigenvalue weighted by Crippen LogP contribution is -2.41. The summed E-state index contributed by atoms with van der Waals surface area (Å²) in [7, 11) is 0. The molecule has 0 amide bonds. The zero-order valence-corrected chi connectivity index (χ0v) is 8.49. The van der Waals surface area contributed by atoms with Crippen LogP contribution in [0.2, 0.25) is 5.02 Å². The summed E-state index contributed by atoms with van der Waals surface area (Å²) in [4.78, 5) is 0. The molecule has 0 atom stereocenters. The molecule has 0 radical (unpaired) electrons. The molecule has 1 aromatic carbocycles. The van der Waals surface area contributed by atoms with Crippen molar-refractivity contribution >= 4 is 11.6 Å². The zero-order valence-electron chi connectivity index (χ0n) is 7.74. The van der Waals surface area contributed by atoms with Crippen LogP contribution in [0.25, 0.3) is 0 Å². The third kappa shape index (κ3) is 1.96. The standard InChI is InChI=1S/C10H9ClF3N/c11-8-3-1-2-7(10(12,13)14)9(8)6-4-15-5-6/h1-3,6,15H,4-5H2. The predicted octanol–water partition coefficient (Wildman–Crippen LogP) is 3.05. The van der Waals surface area contributed by atoms with E-state index in [0.29, 0.717) is 13.1 Å². The van der Waals surface area contributed by atoms with Gasteiger partial charge in [0, 0.05) is 24.0 Å². The Hall–Kier alpha value is -0.740. The van der Waals surface area contributed by atoms with Crippen molar-refractivity contribution in [3.8, 4) is 0 Å². The van der Waals surface area contributed by atoms with Crippen LogP contribution in [-0.4, -0.2) is 13.1 Å². The van der Waals surface area contributed by atoms with Crippen molar-refractivity contribution in [1.29, 1.82) is 0 Å². The van der Waals surface area contributed by atoms with Gasteiger partial charge in [-0.15, -0.1) is 0 Å². The van der Waals surface area contributed by atoms with Crippen molar-refractivity contribution < 1.29 is 13.2 Å². The Morgan fingerprint density at radius 2 is 1.93 bits per heavy atom. The second kappa shape index (κ2) is 3.68. The van der Waals surface area contributed by atoms with Crippen LogP contribution in [0.15, 0.2) is 18.2 Å². The van der Waals surface area contributed by atoms with Crippen LogP contribution in [0.1, 0.15) is 17.0 Å². The van der Waals surface area contributed by atoms with Gasteiger partial charge in [0.1, 0.15) is 0 Å². The Balaban J connectivity index is 2.48. The van der Waals surface area contributed by atoms with Gasteiger partial charge in [0.2, 0.25) is 0 Å². The Kier molecular flexibility index (Phi) is 2.64. The van der Waals surface area contributed by atoms with E-state index < -0.39 is 11.7 Å². The molecule has 0 unspecified atom stereocenters. The second-order valence-electron chi connectivity index (χ2n) is 3.55. The molecule has 82 valence electrons. The van der Waals surface area contributed by atoms with E-state index in [9.17, 15) is 13.2 Å². The highest BCUT2D eigenvalue weighted by molar-refractivity contribution is 6.31. The fraction of sp³-hybridized carbons (Fsp3) is 0.400. The Morgan fingerprint density at radius 3 is 2.40 bits per heavy atom. The van der Waals surface area contributed by atoms with Crippen LogP contribution < -0.4 is 5.32 Å². The van der Waals surface area contributed by atoms with Crippen molar-refractivity contribution in [2.45, 2.75) is 12.1 Å². The van der Waals surface area contributed by atoms with Gasteiger partial charge < -0.3 is 5.32 Å². The van der Waals surface area contributed by atoms with Gasteiger partial charge in [-0.3, -0.25) is 0 Å². The van der Waals surface area contributed by atoms with Gasteiger partial charge in [-0.2, -0.15) is 13.2 Å². The van der Waals surface area contributed by atoms with E-state index in [-0.39, 0.29) is 16.5 Å². The normalized spacial score (nSPS) is 17.6. The summed E-state index contributed by atoms with van der Waals surface area (Å²) in [6.07, 6.45) is -4.32. The first kappa shape index (κ1) is 10.8. The Bertz CT molecular complexity index is 371. The first-order valence-corrected chi connectivity index (χ1v) is 4.94. The van der Waals surface area contributed by atoms with Crippen molar-refractivity contribution in [3.63, 3.8) is 0 Å². The molecule has 1 aliphatic rings. The highest BCUT2D eigenvalue weighted by Gasteiger charge is 2.37. The molecule has 0 bridgehead atoms. The highest BCUT2D eigenvalue weighted by Crippen LogP contribution is 2.39. The summed E-state index contributed by atoms with van der Waals surface area (Å²) in [5.41, 5.74) is -0.382. The summed E-state index contributed by atoms with van der Waals surface area (Å²) in [6.45, 7) is 1.12. The van der Waals surface area contributed by atoms with Gasteiger partial charge in [0.05, 0.1) is 5.56 Å². The Morgan fingerprint density at radius 1 is 1.27 bits per heavy atom. The molecule has 0 aliphatic carbocycles. The molecule has 1 nitrogen and oxygen atoms in total. The summed E-state index contributed by atoms with van der Waals surface area (Å²) in [5.74, 6) is -0.115. The molecular weight excluding hydrogens is 227 g/mol. The molecule has 2 rings (SSSR count). The average molecular weight is 236 g/mol. The van der Waals surface area contributed by atoms with E-state index in [1.165, 1.54) is 12.1 Å². The van der Waals surface area contributed by atoms with Gasteiger partial charge in [-0.25, -0.2) is 0 Å². The minimum Gasteiger partial charge on any atom is -0.315 e. The molecule has 1 aromatic rings. The highest BCUT2D eigenvalue weighted by atomic mass is 35.5. The molecule has 1 fully saturated rings. The number of nitrogens with one attached hydrogen (secondary N) is 1. The maximum Gasteiger partial charge on any atom is 0.416 e. The summed E-state index contributed by atoms with van der Waals surface area (Å²) < 4.78 is 38.0. The molecule has 1 aliphatic heterocycles. The van der Waals surface area contributed by atoms with Crippen molar-refractivity contribution in [2.75, 3.05) is 13.1 Å². The van der Waals surface area contributed by atoms with Crippen LogP contribution >= 0.6 is 11.6 Å². The quantitative estimate of drug-likeness (QED) is 0.789. The van der Waals surface area contributed by atoms with Gasteiger partial charge in [0.25, 0.3) is 0 Å². The molecule has 1 saturated heterocycles. The SMILES string of the molecule is FC(F)(F)c1cccc(Cl)c1C1CNC1. The summed E-state index contributed by atoms with van der Waals surface area (Å²) >= 11 is 5.82. The second-order valence-corrected chi connectivity index (χ2v) is 3.96. The molecule has 0 aromatic heterocycles. The third-order valence-corrected chi connectivity index (χ3v) is 2.88. The molecule has 1 N–H and O–H groups in total. The van der Waals surface area contributed by atoms with Crippen molar-refractivity contribution in [3.05, 3.63) is 34.3 Å². The molecule has 0 saturated carbocycles. The first-order chi connectivity index (χ1) is 7.00. The van der Waals surface area contributed by atoms with Crippen LogP contribution in [0.5, 0.6) is 0 Å². The fourth-order valence-electron chi connectivity index (χ4n) is 1.69. The van der Waals surface area contributed by atoms with Crippen LogP contribution in [-0.2, 0) is 6.18 Å². The molecule has 1 heterocycles. The smallest absolute Gasteiger partial charge is 0.315 e. The van der Waals surface area contributed by atoms with Gasteiger partial charge in [0.15, 0.2) is 0 Å². The van der Waals surface area contributed by atoms with E-state index in [1.807, 2.05) is 0 Å². The first-order valence-electron chi connectivity index (χ1n) is 4.56. The van der Waals surface area contributed by atoms with Crippen LogP contribution in [0.3, 0.4) is 0 Å². The van der Waals surface area contributed by atoms with Gasteiger partial charge >= 0.3 is 6.18 Å². The summed E-state index contributed by atoms with van der Waals surface area (Å²) in [5, 5.41) is 3.14. The Labute approximate surface area is 90.2 Å². The topological polar surface area (TPSA) is 12.0 Å². The number of halogens is 4. The van der Waals surface area contributed by atoms with Crippen LogP contribution in [0, 0.1) is 0 Å². The maximum atomic E-state index is 12.7. The summed E-state index contributed by atoms with van der Waals surface area (Å²) in [6, 6.07) is 3.92. The number of alkyl halides is 3. The largest absolute Gasteiger partial charge is 0.416 e. The number of hydrogen-bond acceptors (Lipinski definition) is 1. The lowest BCUT2D eigenvalue weighted by atomic mass is 9.89. The number of hydrogen-bond donors (Lipinski definition) is 1. The minimum atomic E-state index is -4.32. The zero-order chi connectivity index (χ0) is 11.1. The molecule has 0 spiro atoms. The van der Waals surface area contributed by atoms with Gasteiger partial charge in [-0.05, 0) is 17.7 Å². The molecular formula is C10H9ClF3N. The lowest BCUT2D eigenvalue weighted by Gasteiger charge is -2.30. The third-order valence-electron chi connectivity index (χ3n) is 2.55. The fourth-order valence-corrected chi connectivity index (χ4v) is 2.02. The average Bonchev–Trinajstić information content (AvgIpc) is 2.03. The predicted molar refractivity (Wildman–Crippen MR) is 52.1 cm³/mol.